The molecule has 2 heterocycles. The number of hydrogen-bond acceptors (Lipinski definition) is 3. The molecular weight excluding hydrogens is 236 g/mol. The molecule has 1 fully saturated rings. The van der Waals surface area contributed by atoms with Crippen LogP contribution in [0.1, 0.15) is 31.2 Å². The van der Waals surface area contributed by atoms with Gasteiger partial charge in [0.1, 0.15) is 11.4 Å². The van der Waals surface area contributed by atoms with Crippen LogP contribution in [-0.4, -0.2) is 23.2 Å². The fourth-order valence-electron chi connectivity index (χ4n) is 2.93. The van der Waals surface area contributed by atoms with Crippen molar-refractivity contribution >= 4 is 16.6 Å². The molecular formula is C16H20N2O. The normalized spacial score (nSPS) is 16.6. The molecule has 1 saturated heterocycles. The highest BCUT2D eigenvalue weighted by Gasteiger charge is 2.18. The van der Waals surface area contributed by atoms with E-state index >= 15 is 0 Å². The van der Waals surface area contributed by atoms with Gasteiger partial charge in [0.2, 0.25) is 0 Å². The molecule has 0 saturated carbocycles. The summed E-state index contributed by atoms with van der Waals surface area (Å²) in [6.07, 6.45) is 6.77. The summed E-state index contributed by atoms with van der Waals surface area (Å²) < 4.78 is 0. The summed E-state index contributed by atoms with van der Waals surface area (Å²) in [5.41, 5.74) is 2.78. The molecule has 0 amide bonds. The van der Waals surface area contributed by atoms with Crippen LogP contribution in [0.5, 0.6) is 5.75 Å². The van der Waals surface area contributed by atoms with Gasteiger partial charge < -0.3 is 10.0 Å². The van der Waals surface area contributed by atoms with Gasteiger partial charge in [-0.25, -0.2) is 0 Å². The van der Waals surface area contributed by atoms with Crippen molar-refractivity contribution in [1.29, 1.82) is 0 Å². The first-order chi connectivity index (χ1) is 9.27. The van der Waals surface area contributed by atoms with E-state index in [1.807, 2.05) is 19.1 Å². The maximum absolute atomic E-state index is 10.5. The predicted molar refractivity (Wildman–Crippen MR) is 78.8 cm³/mol. The number of nitrogens with zero attached hydrogens (tertiary/aromatic N) is 2. The Bertz CT molecular complexity index is 587. The molecule has 0 unspecified atom stereocenters. The number of anilines is 1. The minimum Gasteiger partial charge on any atom is -0.505 e. The number of aromatic hydroxyl groups is 1. The summed E-state index contributed by atoms with van der Waals surface area (Å²) in [5, 5.41) is 11.6. The van der Waals surface area contributed by atoms with Crippen LogP contribution >= 0.6 is 0 Å². The molecule has 3 rings (SSSR count). The van der Waals surface area contributed by atoms with Gasteiger partial charge in [-0.2, -0.15) is 0 Å². The Labute approximate surface area is 113 Å². The standard InChI is InChI=1S/C16H20N2O/c1-12-11-13-7-6-8-17-14(13)15(16(12)19)18-9-4-2-3-5-10-18/h6-8,11,19H,2-5,9-10H2,1H3. The third-order valence-corrected chi connectivity index (χ3v) is 3.96. The third-order valence-electron chi connectivity index (χ3n) is 3.96. The second-order valence-corrected chi connectivity index (χ2v) is 5.37. The van der Waals surface area contributed by atoms with E-state index in [0.29, 0.717) is 5.75 Å². The van der Waals surface area contributed by atoms with E-state index in [-0.39, 0.29) is 0 Å². The molecule has 0 radical (unpaired) electrons. The van der Waals surface area contributed by atoms with E-state index in [4.69, 9.17) is 0 Å². The number of pyridine rings is 1. The average Bonchev–Trinajstić information content (AvgIpc) is 2.69. The molecule has 19 heavy (non-hydrogen) atoms. The number of aromatic nitrogens is 1. The first-order valence-corrected chi connectivity index (χ1v) is 7.09. The van der Waals surface area contributed by atoms with Gasteiger partial charge in [0.15, 0.2) is 0 Å². The third kappa shape index (κ3) is 2.25. The quantitative estimate of drug-likeness (QED) is 0.846. The minimum atomic E-state index is 0.396. The maximum atomic E-state index is 10.5. The summed E-state index contributed by atoms with van der Waals surface area (Å²) in [5.74, 6) is 0.396. The zero-order valence-electron chi connectivity index (χ0n) is 11.4. The fraction of sp³-hybridized carbons (Fsp3) is 0.438. The van der Waals surface area contributed by atoms with Gasteiger partial charge in [-0.15, -0.1) is 0 Å². The number of phenolic OH excluding ortho intramolecular Hbond substituents is 1. The van der Waals surface area contributed by atoms with Gasteiger partial charge >= 0.3 is 0 Å². The van der Waals surface area contributed by atoms with Crippen molar-refractivity contribution in [2.75, 3.05) is 18.0 Å². The van der Waals surface area contributed by atoms with E-state index in [1.165, 1.54) is 25.7 Å². The molecule has 100 valence electrons. The molecule has 0 bridgehead atoms. The lowest BCUT2D eigenvalue weighted by Gasteiger charge is -2.25. The van der Waals surface area contributed by atoms with E-state index in [2.05, 4.69) is 16.0 Å². The molecule has 1 aromatic carbocycles. The van der Waals surface area contributed by atoms with Gasteiger partial charge in [-0.3, -0.25) is 4.98 Å². The van der Waals surface area contributed by atoms with E-state index in [0.717, 1.165) is 35.2 Å². The molecule has 1 N–H and O–H groups in total. The van der Waals surface area contributed by atoms with Crippen LogP contribution in [0.25, 0.3) is 10.9 Å². The van der Waals surface area contributed by atoms with Crippen LogP contribution in [0.15, 0.2) is 24.4 Å². The van der Waals surface area contributed by atoms with Gasteiger partial charge in [0.05, 0.1) is 5.52 Å². The zero-order chi connectivity index (χ0) is 13.2. The molecule has 2 aromatic rings. The highest BCUT2D eigenvalue weighted by molar-refractivity contribution is 5.95. The lowest BCUT2D eigenvalue weighted by atomic mass is 10.1. The molecule has 3 heteroatoms. The summed E-state index contributed by atoms with van der Waals surface area (Å²) in [6.45, 7) is 3.99. The number of hydrogen-bond donors (Lipinski definition) is 1. The number of fused-ring (bicyclic) bond motifs is 1. The van der Waals surface area contributed by atoms with Gasteiger partial charge in [-0.1, -0.05) is 18.9 Å². The minimum absolute atomic E-state index is 0.396. The summed E-state index contributed by atoms with van der Waals surface area (Å²) in [7, 11) is 0. The molecule has 0 atom stereocenters. The topological polar surface area (TPSA) is 36.4 Å². The Kier molecular flexibility index (Phi) is 3.28. The van der Waals surface area contributed by atoms with Crippen molar-refractivity contribution in [3.8, 4) is 5.75 Å². The molecule has 3 nitrogen and oxygen atoms in total. The van der Waals surface area contributed by atoms with Crippen molar-refractivity contribution in [2.45, 2.75) is 32.6 Å². The van der Waals surface area contributed by atoms with Crippen LogP contribution in [-0.2, 0) is 0 Å². The second kappa shape index (κ2) is 5.08. The first kappa shape index (κ1) is 12.3. The first-order valence-electron chi connectivity index (χ1n) is 7.09. The highest BCUT2D eigenvalue weighted by Crippen LogP contribution is 2.38. The second-order valence-electron chi connectivity index (χ2n) is 5.37. The van der Waals surface area contributed by atoms with Crippen molar-refractivity contribution in [3.05, 3.63) is 30.0 Å². The number of phenols is 1. The van der Waals surface area contributed by atoms with Gasteiger partial charge in [0.25, 0.3) is 0 Å². The number of benzene rings is 1. The lowest BCUT2D eigenvalue weighted by molar-refractivity contribution is 0.470. The van der Waals surface area contributed by atoms with E-state index in [1.54, 1.807) is 6.20 Å². The van der Waals surface area contributed by atoms with Crippen LogP contribution in [0.3, 0.4) is 0 Å². The van der Waals surface area contributed by atoms with Gasteiger partial charge in [-0.05, 0) is 37.5 Å². The molecule has 1 aliphatic heterocycles. The zero-order valence-corrected chi connectivity index (χ0v) is 11.4. The highest BCUT2D eigenvalue weighted by atomic mass is 16.3. The van der Waals surface area contributed by atoms with Crippen LogP contribution in [0, 0.1) is 6.92 Å². The Morgan fingerprint density at radius 1 is 1.16 bits per heavy atom. The van der Waals surface area contributed by atoms with Crippen molar-refractivity contribution in [2.24, 2.45) is 0 Å². The SMILES string of the molecule is Cc1cc2cccnc2c(N2CCCCCC2)c1O. The Balaban J connectivity index is 2.17. The van der Waals surface area contributed by atoms with Gasteiger partial charge in [0, 0.05) is 24.7 Å². The molecule has 1 aromatic heterocycles. The Morgan fingerprint density at radius 2 is 1.89 bits per heavy atom. The largest absolute Gasteiger partial charge is 0.505 e. The van der Waals surface area contributed by atoms with Crippen molar-refractivity contribution < 1.29 is 5.11 Å². The van der Waals surface area contributed by atoms with Crippen molar-refractivity contribution in [3.63, 3.8) is 0 Å². The smallest absolute Gasteiger partial charge is 0.144 e. The van der Waals surface area contributed by atoms with E-state index in [9.17, 15) is 5.11 Å². The lowest BCUT2D eigenvalue weighted by Crippen LogP contribution is -2.24. The predicted octanol–water partition coefficient (Wildman–Crippen LogP) is 3.63. The maximum Gasteiger partial charge on any atom is 0.144 e. The summed E-state index contributed by atoms with van der Waals surface area (Å²) in [4.78, 5) is 6.80. The van der Waals surface area contributed by atoms with Crippen LogP contribution in [0.4, 0.5) is 5.69 Å². The molecule has 0 aliphatic carbocycles. The Hall–Kier alpha value is -1.77. The van der Waals surface area contributed by atoms with Crippen molar-refractivity contribution in [1.82, 2.24) is 4.98 Å². The van der Waals surface area contributed by atoms with E-state index < -0.39 is 0 Å². The molecule has 0 spiro atoms. The summed E-state index contributed by atoms with van der Waals surface area (Å²) >= 11 is 0. The average molecular weight is 256 g/mol. The van der Waals surface area contributed by atoms with Crippen LogP contribution < -0.4 is 4.90 Å². The number of aryl methyl sites for hydroxylation is 1. The monoisotopic (exact) mass is 256 g/mol. The Morgan fingerprint density at radius 3 is 2.63 bits per heavy atom. The van der Waals surface area contributed by atoms with Crippen LogP contribution in [0.2, 0.25) is 0 Å². The fourth-order valence-corrected chi connectivity index (χ4v) is 2.93. The number of rotatable bonds is 1. The summed E-state index contributed by atoms with van der Waals surface area (Å²) in [6, 6.07) is 6.03. The molecule has 1 aliphatic rings.